The molecule has 0 aliphatic rings. The van der Waals surface area contributed by atoms with E-state index in [1.807, 2.05) is 32.0 Å². The van der Waals surface area contributed by atoms with E-state index in [9.17, 15) is 4.79 Å². The highest BCUT2D eigenvalue weighted by Gasteiger charge is 2.15. The molecule has 2 N–H and O–H groups in total. The average molecular weight is 232 g/mol. The number of H-pyrrole nitrogens is 1. The van der Waals surface area contributed by atoms with Gasteiger partial charge in [-0.15, -0.1) is 0 Å². The molecule has 2 aromatic rings. The van der Waals surface area contributed by atoms with Gasteiger partial charge in [0.15, 0.2) is 0 Å². The molecule has 1 aromatic carbocycles. The Morgan fingerprint density at radius 3 is 2.88 bits per heavy atom. The first-order valence-corrected chi connectivity index (χ1v) is 5.62. The van der Waals surface area contributed by atoms with Crippen LogP contribution in [-0.4, -0.2) is 24.5 Å². The van der Waals surface area contributed by atoms with Crippen LogP contribution >= 0.6 is 0 Å². The van der Waals surface area contributed by atoms with Crippen LogP contribution in [0.1, 0.15) is 23.0 Å². The normalized spacial score (nSPS) is 10.5. The second-order valence-electron chi connectivity index (χ2n) is 3.90. The predicted octanol–water partition coefficient (Wildman–Crippen LogP) is 2.23. The number of fused-ring (bicyclic) bond motifs is 1. The largest absolute Gasteiger partial charge is 0.497 e. The summed E-state index contributed by atoms with van der Waals surface area (Å²) in [7, 11) is 1.62. The molecule has 4 heteroatoms. The van der Waals surface area contributed by atoms with Gasteiger partial charge in [-0.1, -0.05) is 0 Å². The van der Waals surface area contributed by atoms with Gasteiger partial charge in [-0.25, -0.2) is 0 Å². The van der Waals surface area contributed by atoms with Crippen molar-refractivity contribution < 1.29 is 9.53 Å². The molecule has 0 saturated carbocycles. The van der Waals surface area contributed by atoms with Gasteiger partial charge < -0.3 is 15.0 Å². The number of carbonyl (C=O) groups is 1. The Morgan fingerprint density at radius 1 is 1.47 bits per heavy atom. The third-order valence-electron chi connectivity index (χ3n) is 2.76. The van der Waals surface area contributed by atoms with Crippen LogP contribution in [0.5, 0.6) is 5.75 Å². The fourth-order valence-electron chi connectivity index (χ4n) is 1.97. The Bertz CT molecular complexity index is 558. The summed E-state index contributed by atoms with van der Waals surface area (Å²) in [6.07, 6.45) is 0. The van der Waals surface area contributed by atoms with Crippen LogP contribution in [0.15, 0.2) is 18.2 Å². The molecule has 1 aromatic heterocycles. The number of aromatic nitrogens is 1. The number of hydrogen-bond acceptors (Lipinski definition) is 2. The number of rotatable bonds is 3. The smallest absolute Gasteiger partial charge is 0.253 e. The maximum absolute atomic E-state index is 12.0. The first-order valence-electron chi connectivity index (χ1n) is 5.62. The van der Waals surface area contributed by atoms with Gasteiger partial charge in [-0.05, 0) is 32.0 Å². The zero-order valence-electron chi connectivity index (χ0n) is 10.3. The lowest BCUT2D eigenvalue weighted by molar-refractivity contribution is 0.0957. The van der Waals surface area contributed by atoms with E-state index in [0.717, 1.165) is 22.3 Å². The Labute approximate surface area is 100.0 Å². The van der Waals surface area contributed by atoms with Gasteiger partial charge in [0.2, 0.25) is 0 Å². The fraction of sp³-hybridized carbons (Fsp3) is 0.308. The molecule has 17 heavy (non-hydrogen) atoms. The van der Waals surface area contributed by atoms with Crippen molar-refractivity contribution in [3.05, 3.63) is 29.5 Å². The highest BCUT2D eigenvalue weighted by molar-refractivity contribution is 6.08. The van der Waals surface area contributed by atoms with Crippen LogP contribution in [0.25, 0.3) is 10.9 Å². The SMILES string of the molecule is CCNC(=O)c1c(C)[nH]c2ccc(OC)cc12. The minimum atomic E-state index is -0.0514. The molecule has 1 heterocycles. The molecule has 2 rings (SSSR count). The van der Waals surface area contributed by atoms with Gasteiger partial charge in [0.05, 0.1) is 12.7 Å². The van der Waals surface area contributed by atoms with Gasteiger partial charge in [0.1, 0.15) is 5.75 Å². The third-order valence-corrected chi connectivity index (χ3v) is 2.76. The second-order valence-corrected chi connectivity index (χ2v) is 3.90. The quantitative estimate of drug-likeness (QED) is 0.852. The number of hydrogen-bond donors (Lipinski definition) is 2. The van der Waals surface area contributed by atoms with E-state index in [2.05, 4.69) is 10.3 Å². The fourth-order valence-corrected chi connectivity index (χ4v) is 1.97. The molecule has 90 valence electrons. The van der Waals surface area contributed by atoms with Crippen LogP contribution in [-0.2, 0) is 0 Å². The highest BCUT2D eigenvalue weighted by atomic mass is 16.5. The minimum absolute atomic E-state index is 0.0514. The van der Waals surface area contributed by atoms with Gasteiger partial charge in [0.25, 0.3) is 5.91 Å². The zero-order valence-corrected chi connectivity index (χ0v) is 10.3. The zero-order chi connectivity index (χ0) is 12.4. The highest BCUT2D eigenvalue weighted by Crippen LogP contribution is 2.26. The number of benzene rings is 1. The number of amides is 1. The predicted molar refractivity (Wildman–Crippen MR) is 67.6 cm³/mol. The van der Waals surface area contributed by atoms with Crippen LogP contribution in [0.4, 0.5) is 0 Å². The van der Waals surface area contributed by atoms with Crippen molar-refractivity contribution in [3.63, 3.8) is 0 Å². The summed E-state index contributed by atoms with van der Waals surface area (Å²) in [5.74, 6) is 0.701. The van der Waals surface area contributed by atoms with Crippen LogP contribution in [0.3, 0.4) is 0 Å². The van der Waals surface area contributed by atoms with E-state index in [1.54, 1.807) is 7.11 Å². The molecule has 1 amide bonds. The lowest BCUT2D eigenvalue weighted by atomic mass is 10.1. The number of aromatic amines is 1. The van der Waals surface area contributed by atoms with Gasteiger partial charge in [0, 0.05) is 23.1 Å². The van der Waals surface area contributed by atoms with Crippen molar-refractivity contribution in [1.29, 1.82) is 0 Å². The van der Waals surface area contributed by atoms with E-state index >= 15 is 0 Å². The van der Waals surface area contributed by atoms with Crippen molar-refractivity contribution in [2.75, 3.05) is 13.7 Å². The number of methoxy groups -OCH3 is 1. The molecule has 0 aliphatic carbocycles. The van der Waals surface area contributed by atoms with Gasteiger partial charge in [-0.3, -0.25) is 4.79 Å². The van der Waals surface area contributed by atoms with Gasteiger partial charge >= 0.3 is 0 Å². The van der Waals surface area contributed by atoms with E-state index in [4.69, 9.17) is 4.74 Å². The molecule has 0 radical (unpaired) electrons. The van der Waals surface area contributed by atoms with Crippen LogP contribution < -0.4 is 10.1 Å². The molecule has 0 unspecified atom stereocenters. The summed E-state index contributed by atoms with van der Waals surface area (Å²) in [5.41, 5.74) is 2.52. The second kappa shape index (κ2) is 4.49. The Balaban J connectivity index is 2.60. The molecule has 0 saturated heterocycles. The molecule has 0 spiro atoms. The standard InChI is InChI=1S/C13H16N2O2/c1-4-14-13(16)12-8(2)15-11-6-5-9(17-3)7-10(11)12/h5-7,15H,4H2,1-3H3,(H,14,16). The number of carbonyl (C=O) groups excluding carboxylic acids is 1. The summed E-state index contributed by atoms with van der Waals surface area (Å²) in [5, 5.41) is 3.71. The first-order chi connectivity index (χ1) is 8.17. The topological polar surface area (TPSA) is 54.1 Å². The molecule has 0 fully saturated rings. The number of ether oxygens (including phenoxy) is 1. The molecular formula is C13H16N2O2. The van der Waals surface area contributed by atoms with Crippen molar-refractivity contribution in [2.45, 2.75) is 13.8 Å². The van der Waals surface area contributed by atoms with E-state index in [0.29, 0.717) is 12.1 Å². The van der Waals surface area contributed by atoms with Crippen molar-refractivity contribution in [3.8, 4) is 5.75 Å². The first kappa shape index (κ1) is 11.5. The Kier molecular flexibility index (Phi) is 3.04. The summed E-state index contributed by atoms with van der Waals surface area (Å²) >= 11 is 0. The van der Waals surface area contributed by atoms with Crippen molar-refractivity contribution in [2.24, 2.45) is 0 Å². The van der Waals surface area contributed by atoms with Gasteiger partial charge in [-0.2, -0.15) is 0 Å². The summed E-state index contributed by atoms with van der Waals surface area (Å²) in [6.45, 7) is 4.43. The van der Waals surface area contributed by atoms with Crippen molar-refractivity contribution >= 4 is 16.8 Å². The average Bonchev–Trinajstić information content (AvgIpc) is 2.64. The lowest BCUT2D eigenvalue weighted by Gasteiger charge is -2.03. The van der Waals surface area contributed by atoms with Crippen LogP contribution in [0.2, 0.25) is 0 Å². The van der Waals surface area contributed by atoms with Crippen molar-refractivity contribution in [1.82, 2.24) is 10.3 Å². The maximum atomic E-state index is 12.0. The summed E-state index contributed by atoms with van der Waals surface area (Å²) in [6, 6.07) is 5.67. The number of aryl methyl sites for hydroxylation is 1. The molecule has 0 aliphatic heterocycles. The van der Waals surface area contributed by atoms with E-state index in [1.165, 1.54) is 0 Å². The van der Waals surface area contributed by atoms with E-state index in [-0.39, 0.29) is 5.91 Å². The Morgan fingerprint density at radius 2 is 2.24 bits per heavy atom. The summed E-state index contributed by atoms with van der Waals surface area (Å²) < 4.78 is 5.18. The third kappa shape index (κ3) is 1.98. The molecule has 0 bridgehead atoms. The molecule has 0 atom stereocenters. The van der Waals surface area contributed by atoms with Crippen LogP contribution in [0, 0.1) is 6.92 Å². The van der Waals surface area contributed by atoms with E-state index < -0.39 is 0 Å². The summed E-state index contributed by atoms with van der Waals surface area (Å²) in [4.78, 5) is 15.2. The molecular weight excluding hydrogens is 216 g/mol. The number of nitrogens with one attached hydrogen (secondary N) is 2. The maximum Gasteiger partial charge on any atom is 0.253 e. The Hall–Kier alpha value is -1.97. The minimum Gasteiger partial charge on any atom is -0.497 e. The lowest BCUT2D eigenvalue weighted by Crippen LogP contribution is -2.23. The molecule has 4 nitrogen and oxygen atoms in total. The monoisotopic (exact) mass is 232 g/mol.